The number of hydrogen-bond acceptors (Lipinski definition) is 3. The maximum atomic E-state index is 13.4. The zero-order chi connectivity index (χ0) is 18.4. The van der Waals surface area contributed by atoms with Gasteiger partial charge in [-0.15, -0.1) is 0 Å². The molecule has 0 aliphatic rings. The fourth-order valence-corrected chi connectivity index (χ4v) is 2.41. The predicted molar refractivity (Wildman–Crippen MR) is 85.7 cm³/mol. The summed E-state index contributed by atoms with van der Waals surface area (Å²) in [7, 11) is 0. The van der Waals surface area contributed by atoms with Gasteiger partial charge in [0.25, 0.3) is 0 Å². The molecular formula is C18H17F2NO4. The highest BCUT2D eigenvalue weighted by atomic mass is 19.1. The number of carbonyl (C=O) groups excluding carboxylic acids is 1. The average molecular weight is 349 g/mol. The molecule has 0 fully saturated rings. The van der Waals surface area contributed by atoms with Gasteiger partial charge in [0.1, 0.15) is 18.2 Å². The molecule has 0 saturated heterocycles. The Morgan fingerprint density at radius 2 is 1.72 bits per heavy atom. The number of carboxylic acid groups (broad SMARTS) is 1. The lowest BCUT2D eigenvalue weighted by Gasteiger charge is -2.27. The highest BCUT2D eigenvalue weighted by molar-refractivity contribution is 5.81. The molecule has 0 aliphatic heterocycles. The Morgan fingerprint density at radius 1 is 1.12 bits per heavy atom. The standard InChI is InChI=1S/C18H17F2NO4/c1-2-21(18(24)25-11-12-6-4-3-5-7-12)16(17(22)23)13-8-14(19)10-15(20)9-13/h3-10,16H,2,11H2,1H3,(H,22,23). The van der Waals surface area contributed by atoms with Gasteiger partial charge >= 0.3 is 12.1 Å². The molecule has 5 nitrogen and oxygen atoms in total. The largest absolute Gasteiger partial charge is 0.479 e. The minimum Gasteiger partial charge on any atom is -0.479 e. The quantitative estimate of drug-likeness (QED) is 0.862. The lowest BCUT2D eigenvalue weighted by atomic mass is 10.1. The number of amides is 1. The molecule has 132 valence electrons. The molecule has 1 amide bonds. The fraction of sp³-hybridized carbons (Fsp3) is 0.222. The third kappa shape index (κ3) is 4.76. The molecule has 0 bridgehead atoms. The second-order valence-corrected chi connectivity index (χ2v) is 5.27. The second-order valence-electron chi connectivity index (χ2n) is 5.27. The van der Waals surface area contributed by atoms with Crippen molar-refractivity contribution in [1.82, 2.24) is 4.90 Å². The smallest absolute Gasteiger partial charge is 0.411 e. The topological polar surface area (TPSA) is 66.8 Å². The summed E-state index contributed by atoms with van der Waals surface area (Å²) in [5, 5.41) is 9.45. The van der Waals surface area contributed by atoms with Gasteiger partial charge in [-0.1, -0.05) is 30.3 Å². The molecular weight excluding hydrogens is 332 g/mol. The second kappa shape index (κ2) is 8.23. The summed E-state index contributed by atoms with van der Waals surface area (Å²) in [6.07, 6.45) is -0.886. The van der Waals surface area contributed by atoms with Crippen LogP contribution in [-0.4, -0.2) is 28.6 Å². The molecule has 0 saturated carbocycles. The number of halogens is 2. The molecule has 2 aromatic carbocycles. The van der Waals surface area contributed by atoms with Crippen molar-refractivity contribution in [1.29, 1.82) is 0 Å². The third-order valence-corrected chi connectivity index (χ3v) is 3.53. The SMILES string of the molecule is CCN(C(=O)OCc1ccccc1)C(C(=O)O)c1cc(F)cc(F)c1. The Morgan fingerprint density at radius 3 is 2.24 bits per heavy atom. The lowest BCUT2D eigenvalue weighted by Crippen LogP contribution is -2.39. The summed E-state index contributed by atoms with van der Waals surface area (Å²) in [4.78, 5) is 24.8. The number of benzene rings is 2. The van der Waals surface area contributed by atoms with E-state index >= 15 is 0 Å². The van der Waals surface area contributed by atoms with Crippen LogP contribution in [0.2, 0.25) is 0 Å². The normalized spacial score (nSPS) is 11.6. The summed E-state index contributed by atoms with van der Waals surface area (Å²) >= 11 is 0. The van der Waals surface area contributed by atoms with E-state index in [1.807, 2.05) is 6.07 Å². The first-order valence-electron chi connectivity index (χ1n) is 7.58. The van der Waals surface area contributed by atoms with Gasteiger partial charge in [0.05, 0.1) is 0 Å². The van der Waals surface area contributed by atoms with Crippen LogP contribution in [0.4, 0.5) is 13.6 Å². The van der Waals surface area contributed by atoms with E-state index in [0.717, 1.165) is 22.6 Å². The van der Waals surface area contributed by atoms with Gasteiger partial charge in [-0.05, 0) is 30.2 Å². The molecule has 1 atom stereocenters. The van der Waals surface area contributed by atoms with Crippen LogP contribution in [-0.2, 0) is 16.1 Å². The van der Waals surface area contributed by atoms with Crippen LogP contribution in [0.3, 0.4) is 0 Å². The highest BCUT2D eigenvalue weighted by Crippen LogP contribution is 2.24. The van der Waals surface area contributed by atoms with Crippen molar-refractivity contribution in [3.05, 3.63) is 71.3 Å². The van der Waals surface area contributed by atoms with Crippen LogP contribution < -0.4 is 0 Å². The van der Waals surface area contributed by atoms with Crippen LogP contribution in [0.15, 0.2) is 48.5 Å². The molecule has 7 heteroatoms. The monoisotopic (exact) mass is 349 g/mol. The van der Waals surface area contributed by atoms with Gasteiger partial charge in [0.15, 0.2) is 6.04 Å². The molecule has 0 spiro atoms. The van der Waals surface area contributed by atoms with Crippen molar-refractivity contribution in [2.24, 2.45) is 0 Å². The molecule has 25 heavy (non-hydrogen) atoms. The summed E-state index contributed by atoms with van der Waals surface area (Å²) < 4.78 is 32.0. The molecule has 0 aliphatic carbocycles. The number of carboxylic acids is 1. The van der Waals surface area contributed by atoms with Crippen LogP contribution in [0, 0.1) is 11.6 Å². The van der Waals surface area contributed by atoms with Gasteiger partial charge < -0.3 is 9.84 Å². The van der Waals surface area contributed by atoms with E-state index in [1.165, 1.54) is 0 Å². The number of hydrogen-bond donors (Lipinski definition) is 1. The van der Waals surface area contributed by atoms with E-state index in [4.69, 9.17) is 4.74 Å². The maximum absolute atomic E-state index is 13.4. The first kappa shape index (κ1) is 18.4. The van der Waals surface area contributed by atoms with Crippen LogP contribution in [0.25, 0.3) is 0 Å². The molecule has 2 aromatic rings. The van der Waals surface area contributed by atoms with Gasteiger partial charge in [0.2, 0.25) is 0 Å². The van der Waals surface area contributed by atoms with Crippen molar-refractivity contribution in [3.8, 4) is 0 Å². The zero-order valence-electron chi connectivity index (χ0n) is 13.5. The van der Waals surface area contributed by atoms with Crippen molar-refractivity contribution in [2.75, 3.05) is 6.54 Å². The molecule has 0 aromatic heterocycles. The minimum absolute atomic E-state index is 0.0112. The van der Waals surface area contributed by atoms with Crippen LogP contribution >= 0.6 is 0 Å². The Labute approximate surface area is 143 Å². The van der Waals surface area contributed by atoms with Crippen molar-refractivity contribution in [3.63, 3.8) is 0 Å². The number of aliphatic carboxylic acids is 1. The van der Waals surface area contributed by atoms with Crippen LogP contribution in [0.1, 0.15) is 24.1 Å². The summed E-state index contributed by atoms with van der Waals surface area (Å²) in [6, 6.07) is 9.70. The Bertz CT molecular complexity index is 732. The van der Waals surface area contributed by atoms with Gasteiger partial charge in [0, 0.05) is 12.6 Å². The van der Waals surface area contributed by atoms with E-state index in [-0.39, 0.29) is 18.7 Å². The summed E-state index contributed by atoms with van der Waals surface area (Å²) in [5.41, 5.74) is 0.555. The Balaban J connectivity index is 2.21. The van der Waals surface area contributed by atoms with E-state index in [2.05, 4.69) is 0 Å². The summed E-state index contributed by atoms with van der Waals surface area (Å²) in [5.74, 6) is -3.26. The van der Waals surface area contributed by atoms with Gasteiger partial charge in [-0.2, -0.15) is 0 Å². The van der Waals surface area contributed by atoms with E-state index in [0.29, 0.717) is 6.07 Å². The molecule has 1 unspecified atom stereocenters. The highest BCUT2D eigenvalue weighted by Gasteiger charge is 2.32. The van der Waals surface area contributed by atoms with Crippen molar-refractivity contribution < 1.29 is 28.2 Å². The van der Waals surface area contributed by atoms with Crippen molar-refractivity contribution in [2.45, 2.75) is 19.6 Å². The lowest BCUT2D eigenvalue weighted by molar-refractivity contribution is -0.143. The average Bonchev–Trinajstić information content (AvgIpc) is 2.57. The van der Waals surface area contributed by atoms with Crippen LogP contribution in [0.5, 0.6) is 0 Å². The minimum atomic E-state index is -1.56. The van der Waals surface area contributed by atoms with E-state index < -0.39 is 29.7 Å². The summed E-state index contributed by atoms with van der Waals surface area (Å²) in [6.45, 7) is 1.50. The fourth-order valence-electron chi connectivity index (χ4n) is 2.41. The first-order valence-corrected chi connectivity index (χ1v) is 7.58. The van der Waals surface area contributed by atoms with Crippen molar-refractivity contribution >= 4 is 12.1 Å². The molecule has 0 radical (unpaired) electrons. The predicted octanol–water partition coefficient (Wildman–Crippen LogP) is 3.75. The first-order chi connectivity index (χ1) is 11.9. The molecule has 2 rings (SSSR count). The Kier molecular flexibility index (Phi) is 6.05. The number of carbonyl (C=O) groups is 2. The molecule has 1 N–H and O–H groups in total. The number of nitrogens with zero attached hydrogens (tertiary/aromatic N) is 1. The number of likely N-dealkylation sites (N-methyl/N-ethyl adjacent to an activating group) is 1. The zero-order valence-corrected chi connectivity index (χ0v) is 13.5. The van der Waals surface area contributed by atoms with E-state index in [9.17, 15) is 23.5 Å². The maximum Gasteiger partial charge on any atom is 0.411 e. The number of rotatable bonds is 6. The third-order valence-electron chi connectivity index (χ3n) is 3.53. The van der Waals surface area contributed by atoms with E-state index in [1.54, 1.807) is 31.2 Å². The Hall–Kier alpha value is -2.96. The van der Waals surface area contributed by atoms with Gasteiger partial charge in [-0.25, -0.2) is 18.4 Å². The molecule has 0 heterocycles. The van der Waals surface area contributed by atoms with Gasteiger partial charge in [-0.3, -0.25) is 4.90 Å². The number of ether oxygens (including phenoxy) is 1.